The van der Waals surface area contributed by atoms with E-state index < -0.39 is 5.97 Å². The Morgan fingerprint density at radius 2 is 1.86 bits per heavy atom. The number of hydrogen-bond donors (Lipinski definition) is 2. The van der Waals surface area contributed by atoms with E-state index >= 15 is 0 Å². The van der Waals surface area contributed by atoms with Crippen molar-refractivity contribution in [1.29, 1.82) is 0 Å². The number of nitrogens with zero attached hydrogens (tertiary/aromatic N) is 3. The summed E-state index contributed by atoms with van der Waals surface area (Å²) in [7, 11) is 2.96. The molecule has 0 saturated carbocycles. The fourth-order valence-corrected chi connectivity index (χ4v) is 2.43. The third-order valence-electron chi connectivity index (χ3n) is 3.83. The van der Waals surface area contributed by atoms with Gasteiger partial charge in [0.1, 0.15) is 18.1 Å². The van der Waals surface area contributed by atoms with Crippen LogP contribution >= 0.6 is 0 Å². The smallest absolute Gasteiger partial charge is 0.337 e. The molecule has 9 heteroatoms. The summed E-state index contributed by atoms with van der Waals surface area (Å²) in [6.07, 6.45) is 1.52. The second-order valence-electron chi connectivity index (χ2n) is 5.81. The summed E-state index contributed by atoms with van der Waals surface area (Å²) >= 11 is 0. The van der Waals surface area contributed by atoms with Crippen LogP contribution in [0.15, 0.2) is 54.7 Å². The SMILES string of the molecule is COC(=O)c1cccc(Nc2nncc(NCCOc3ccc(OC)cc3)n2)c1. The molecule has 1 heterocycles. The predicted octanol–water partition coefficient (Wildman–Crippen LogP) is 2.90. The zero-order valence-corrected chi connectivity index (χ0v) is 16.1. The highest BCUT2D eigenvalue weighted by Crippen LogP contribution is 2.17. The lowest BCUT2D eigenvalue weighted by Gasteiger charge is -2.10. The quantitative estimate of drug-likeness (QED) is 0.418. The lowest BCUT2D eigenvalue weighted by Crippen LogP contribution is -2.13. The number of methoxy groups -OCH3 is 2. The molecule has 0 saturated heterocycles. The first kappa shape index (κ1) is 19.9. The van der Waals surface area contributed by atoms with Crippen molar-refractivity contribution in [3.63, 3.8) is 0 Å². The molecule has 0 fully saturated rings. The van der Waals surface area contributed by atoms with Gasteiger partial charge in [-0.1, -0.05) is 6.07 Å². The number of hydrogen-bond acceptors (Lipinski definition) is 9. The maximum atomic E-state index is 11.6. The van der Waals surface area contributed by atoms with Gasteiger partial charge < -0.3 is 24.8 Å². The molecule has 3 aromatic rings. The third kappa shape index (κ3) is 5.80. The van der Waals surface area contributed by atoms with Crippen LogP contribution in [-0.4, -0.2) is 48.5 Å². The second-order valence-corrected chi connectivity index (χ2v) is 5.81. The number of nitrogens with one attached hydrogen (secondary N) is 2. The normalized spacial score (nSPS) is 10.1. The maximum absolute atomic E-state index is 11.6. The Morgan fingerprint density at radius 1 is 1.07 bits per heavy atom. The van der Waals surface area contributed by atoms with E-state index in [0.29, 0.717) is 36.2 Å². The first-order valence-electron chi connectivity index (χ1n) is 8.84. The molecular weight excluding hydrogens is 374 g/mol. The summed E-state index contributed by atoms with van der Waals surface area (Å²) in [4.78, 5) is 16.0. The van der Waals surface area contributed by atoms with Crippen LogP contribution in [0.3, 0.4) is 0 Å². The average Bonchev–Trinajstić information content (AvgIpc) is 2.77. The van der Waals surface area contributed by atoms with E-state index in [2.05, 4.69) is 25.8 Å². The maximum Gasteiger partial charge on any atom is 0.337 e. The molecule has 0 amide bonds. The molecule has 3 rings (SSSR count). The van der Waals surface area contributed by atoms with Crippen molar-refractivity contribution in [1.82, 2.24) is 15.2 Å². The van der Waals surface area contributed by atoms with Crippen molar-refractivity contribution in [3.8, 4) is 11.5 Å². The number of esters is 1. The number of carbonyl (C=O) groups is 1. The number of aromatic nitrogens is 3. The van der Waals surface area contributed by atoms with E-state index in [9.17, 15) is 4.79 Å². The largest absolute Gasteiger partial charge is 0.497 e. The molecule has 9 nitrogen and oxygen atoms in total. The third-order valence-corrected chi connectivity index (χ3v) is 3.83. The van der Waals surface area contributed by atoms with Crippen LogP contribution < -0.4 is 20.1 Å². The molecule has 0 radical (unpaired) electrons. The summed E-state index contributed by atoms with van der Waals surface area (Å²) in [5.74, 6) is 1.96. The molecule has 2 N–H and O–H groups in total. The minimum absolute atomic E-state index is 0.299. The van der Waals surface area contributed by atoms with Gasteiger partial charge in [-0.05, 0) is 42.5 Å². The highest BCUT2D eigenvalue weighted by molar-refractivity contribution is 5.90. The van der Waals surface area contributed by atoms with Crippen LogP contribution in [-0.2, 0) is 4.74 Å². The van der Waals surface area contributed by atoms with Gasteiger partial charge in [0.05, 0.1) is 32.5 Å². The van der Waals surface area contributed by atoms with E-state index in [0.717, 1.165) is 11.5 Å². The highest BCUT2D eigenvalue weighted by atomic mass is 16.5. The van der Waals surface area contributed by atoms with Crippen molar-refractivity contribution in [2.45, 2.75) is 0 Å². The monoisotopic (exact) mass is 395 g/mol. The first-order chi connectivity index (χ1) is 14.2. The Bertz CT molecular complexity index is 950. The van der Waals surface area contributed by atoms with Crippen molar-refractivity contribution >= 4 is 23.4 Å². The summed E-state index contributed by atoms with van der Waals surface area (Å²) < 4.78 is 15.5. The van der Waals surface area contributed by atoms with Crippen LogP contribution in [0, 0.1) is 0 Å². The molecule has 1 aromatic heterocycles. The summed E-state index contributed by atoms with van der Waals surface area (Å²) in [6.45, 7) is 0.974. The van der Waals surface area contributed by atoms with E-state index in [1.54, 1.807) is 31.4 Å². The zero-order chi connectivity index (χ0) is 20.5. The predicted molar refractivity (Wildman–Crippen MR) is 108 cm³/mol. The fraction of sp³-hybridized carbons (Fsp3) is 0.200. The molecule has 0 bridgehead atoms. The van der Waals surface area contributed by atoms with Gasteiger partial charge in [0.15, 0.2) is 5.82 Å². The van der Waals surface area contributed by atoms with Crippen molar-refractivity contribution in [2.75, 3.05) is 38.0 Å². The van der Waals surface area contributed by atoms with Gasteiger partial charge in [0.2, 0.25) is 5.95 Å². The van der Waals surface area contributed by atoms with Crippen molar-refractivity contribution in [3.05, 3.63) is 60.3 Å². The minimum atomic E-state index is -0.417. The van der Waals surface area contributed by atoms with E-state index in [4.69, 9.17) is 14.2 Å². The molecule has 0 aliphatic carbocycles. The van der Waals surface area contributed by atoms with Gasteiger partial charge in [0, 0.05) is 5.69 Å². The van der Waals surface area contributed by atoms with Crippen LogP contribution in [0.1, 0.15) is 10.4 Å². The highest BCUT2D eigenvalue weighted by Gasteiger charge is 2.07. The topological polar surface area (TPSA) is 107 Å². The van der Waals surface area contributed by atoms with Gasteiger partial charge in [0.25, 0.3) is 0 Å². The molecule has 0 spiro atoms. The number of ether oxygens (including phenoxy) is 3. The van der Waals surface area contributed by atoms with E-state index in [1.165, 1.54) is 13.3 Å². The zero-order valence-electron chi connectivity index (χ0n) is 16.1. The molecule has 0 aliphatic rings. The van der Waals surface area contributed by atoms with Gasteiger partial charge in [-0.15, -0.1) is 5.10 Å². The van der Waals surface area contributed by atoms with E-state index in [-0.39, 0.29) is 0 Å². The fourth-order valence-electron chi connectivity index (χ4n) is 2.43. The van der Waals surface area contributed by atoms with Gasteiger partial charge >= 0.3 is 5.97 Å². The Labute approximate surface area is 168 Å². The summed E-state index contributed by atoms with van der Waals surface area (Å²) in [5, 5.41) is 14.0. The number of rotatable bonds is 9. The Morgan fingerprint density at radius 3 is 2.62 bits per heavy atom. The van der Waals surface area contributed by atoms with Crippen LogP contribution in [0.2, 0.25) is 0 Å². The molecule has 0 aliphatic heterocycles. The molecule has 2 aromatic carbocycles. The summed E-state index contributed by atoms with van der Waals surface area (Å²) in [5.41, 5.74) is 1.07. The second kappa shape index (κ2) is 9.88. The molecule has 150 valence electrons. The van der Waals surface area contributed by atoms with Crippen LogP contribution in [0.5, 0.6) is 11.5 Å². The number of anilines is 3. The Kier molecular flexibility index (Phi) is 6.77. The van der Waals surface area contributed by atoms with Crippen molar-refractivity contribution < 1.29 is 19.0 Å². The Hall–Kier alpha value is -3.88. The lowest BCUT2D eigenvalue weighted by molar-refractivity contribution is 0.0601. The van der Waals surface area contributed by atoms with Gasteiger partial charge in [-0.3, -0.25) is 0 Å². The minimum Gasteiger partial charge on any atom is -0.497 e. The van der Waals surface area contributed by atoms with Gasteiger partial charge in [-0.25, -0.2) is 4.79 Å². The van der Waals surface area contributed by atoms with Gasteiger partial charge in [-0.2, -0.15) is 10.1 Å². The summed E-state index contributed by atoms with van der Waals surface area (Å²) in [6, 6.07) is 14.2. The van der Waals surface area contributed by atoms with Crippen LogP contribution in [0.25, 0.3) is 0 Å². The van der Waals surface area contributed by atoms with Crippen LogP contribution in [0.4, 0.5) is 17.5 Å². The molecular formula is C20H21N5O4. The number of carbonyl (C=O) groups excluding carboxylic acids is 1. The first-order valence-corrected chi connectivity index (χ1v) is 8.84. The molecule has 0 atom stereocenters. The Balaban J connectivity index is 1.52. The lowest BCUT2D eigenvalue weighted by atomic mass is 10.2. The molecule has 29 heavy (non-hydrogen) atoms. The van der Waals surface area contributed by atoms with E-state index in [1.807, 2.05) is 24.3 Å². The standard InChI is InChI=1S/C20H21N5O4/c1-27-16-6-8-17(9-7-16)29-11-10-21-18-13-22-25-20(24-18)23-15-5-3-4-14(12-15)19(26)28-2/h3-9,12-13H,10-11H2,1-2H3,(H2,21,23,24,25). The molecule has 0 unspecified atom stereocenters. The average molecular weight is 395 g/mol. The van der Waals surface area contributed by atoms with Crippen molar-refractivity contribution in [2.24, 2.45) is 0 Å². The number of benzene rings is 2.